The molecule has 0 spiro atoms. The van der Waals surface area contributed by atoms with Gasteiger partial charge in [0.05, 0.1) is 0 Å². The molecule has 15 heavy (non-hydrogen) atoms. The van der Waals surface area contributed by atoms with Gasteiger partial charge in [-0.25, -0.2) is 8.78 Å². The van der Waals surface area contributed by atoms with Crippen LogP contribution >= 0.6 is 11.6 Å². The predicted molar refractivity (Wildman–Crippen MR) is 43.8 cm³/mol. The molecule has 0 bridgehead atoms. The van der Waals surface area contributed by atoms with Gasteiger partial charge in [0.2, 0.25) is 0 Å². The molecule has 1 aromatic heterocycles. The molecule has 0 aliphatic carbocycles. The average molecular weight is 246 g/mol. The standard InChI is InChI=1S/C8H5ClF5N/c9-2-4-1-5(7(10)11)6(15-3-4)8(12,13)14/h1,3,7H,2H2. The molecule has 0 N–H and O–H groups in total. The minimum Gasteiger partial charge on any atom is -0.251 e. The van der Waals surface area contributed by atoms with Crippen LogP contribution in [0.15, 0.2) is 12.3 Å². The molecule has 0 radical (unpaired) electrons. The first kappa shape index (κ1) is 12.2. The van der Waals surface area contributed by atoms with E-state index in [0.29, 0.717) is 6.07 Å². The topological polar surface area (TPSA) is 12.9 Å². The highest BCUT2D eigenvalue weighted by Gasteiger charge is 2.37. The summed E-state index contributed by atoms with van der Waals surface area (Å²) < 4.78 is 61.2. The van der Waals surface area contributed by atoms with Crippen LogP contribution in [0.25, 0.3) is 0 Å². The van der Waals surface area contributed by atoms with Crippen molar-refractivity contribution in [2.24, 2.45) is 0 Å². The molecule has 0 saturated carbocycles. The second kappa shape index (κ2) is 4.30. The smallest absolute Gasteiger partial charge is 0.251 e. The van der Waals surface area contributed by atoms with Crippen molar-refractivity contribution in [2.75, 3.05) is 0 Å². The lowest BCUT2D eigenvalue weighted by Gasteiger charge is -2.11. The minimum absolute atomic E-state index is 0.125. The molecule has 0 unspecified atom stereocenters. The van der Waals surface area contributed by atoms with Gasteiger partial charge in [-0.15, -0.1) is 11.6 Å². The highest BCUT2D eigenvalue weighted by molar-refractivity contribution is 6.17. The second-order valence-electron chi connectivity index (χ2n) is 2.71. The molecule has 1 heterocycles. The van der Waals surface area contributed by atoms with Gasteiger partial charge in [-0.1, -0.05) is 0 Å². The first-order valence-electron chi connectivity index (χ1n) is 3.76. The molecule has 0 aliphatic heterocycles. The van der Waals surface area contributed by atoms with Crippen LogP contribution in [0.2, 0.25) is 0 Å². The van der Waals surface area contributed by atoms with E-state index < -0.39 is 23.9 Å². The number of hydrogen-bond donors (Lipinski definition) is 0. The first-order chi connectivity index (χ1) is 6.86. The molecule has 1 rings (SSSR count). The fourth-order valence-corrected chi connectivity index (χ4v) is 1.15. The van der Waals surface area contributed by atoms with Crippen LogP contribution in [0.4, 0.5) is 22.0 Å². The third-order valence-electron chi connectivity index (χ3n) is 1.63. The lowest BCUT2D eigenvalue weighted by molar-refractivity contribution is -0.143. The van der Waals surface area contributed by atoms with Crippen molar-refractivity contribution >= 4 is 11.6 Å². The van der Waals surface area contributed by atoms with Crippen LogP contribution in [-0.2, 0) is 12.1 Å². The lowest BCUT2D eigenvalue weighted by Crippen LogP contribution is -2.12. The van der Waals surface area contributed by atoms with Gasteiger partial charge >= 0.3 is 6.18 Å². The molecule has 1 aromatic rings. The van der Waals surface area contributed by atoms with E-state index in [-0.39, 0.29) is 11.4 Å². The molecular weight excluding hydrogens is 241 g/mol. The summed E-state index contributed by atoms with van der Waals surface area (Å²) in [6, 6.07) is 0.716. The number of rotatable bonds is 2. The summed E-state index contributed by atoms with van der Waals surface area (Å²) in [5.41, 5.74) is -2.58. The Morgan fingerprint density at radius 2 is 1.93 bits per heavy atom. The summed E-state index contributed by atoms with van der Waals surface area (Å²) in [6.45, 7) is 0. The summed E-state index contributed by atoms with van der Waals surface area (Å²) in [6.07, 6.45) is -7.27. The van der Waals surface area contributed by atoms with E-state index in [4.69, 9.17) is 11.6 Å². The normalized spacial score (nSPS) is 12.2. The van der Waals surface area contributed by atoms with Crippen molar-refractivity contribution in [1.82, 2.24) is 4.98 Å². The van der Waals surface area contributed by atoms with Gasteiger partial charge in [-0.05, 0) is 11.6 Å². The van der Waals surface area contributed by atoms with Crippen LogP contribution in [0, 0.1) is 0 Å². The Morgan fingerprint density at radius 3 is 2.33 bits per heavy atom. The van der Waals surface area contributed by atoms with E-state index in [1.807, 2.05) is 0 Å². The van der Waals surface area contributed by atoms with Crippen molar-refractivity contribution in [3.05, 3.63) is 29.1 Å². The molecule has 84 valence electrons. The second-order valence-corrected chi connectivity index (χ2v) is 2.98. The van der Waals surface area contributed by atoms with Crippen LogP contribution in [0.1, 0.15) is 23.2 Å². The van der Waals surface area contributed by atoms with Gasteiger partial charge < -0.3 is 0 Å². The van der Waals surface area contributed by atoms with Crippen LogP contribution in [0.3, 0.4) is 0 Å². The molecule has 1 nitrogen and oxygen atoms in total. The SMILES string of the molecule is FC(F)c1cc(CCl)cnc1C(F)(F)F. The summed E-state index contributed by atoms with van der Waals surface area (Å²) in [7, 11) is 0. The zero-order valence-electron chi connectivity index (χ0n) is 7.15. The lowest BCUT2D eigenvalue weighted by atomic mass is 10.1. The van der Waals surface area contributed by atoms with Crippen molar-refractivity contribution in [3.8, 4) is 0 Å². The Hall–Kier alpha value is -0.910. The van der Waals surface area contributed by atoms with Gasteiger partial charge in [0.1, 0.15) is 0 Å². The van der Waals surface area contributed by atoms with E-state index in [1.54, 1.807) is 0 Å². The maximum Gasteiger partial charge on any atom is 0.433 e. The Labute approximate surface area is 86.9 Å². The van der Waals surface area contributed by atoms with Crippen molar-refractivity contribution in [2.45, 2.75) is 18.5 Å². The van der Waals surface area contributed by atoms with E-state index >= 15 is 0 Å². The quantitative estimate of drug-likeness (QED) is 0.571. The van der Waals surface area contributed by atoms with Crippen molar-refractivity contribution in [3.63, 3.8) is 0 Å². The highest BCUT2D eigenvalue weighted by Crippen LogP contribution is 2.35. The summed E-state index contributed by atoms with van der Waals surface area (Å²) in [5.74, 6) is -0.162. The number of nitrogens with zero attached hydrogens (tertiary/aromatic N) is 1. The van der Waals surface area contributed by atoms with Gasteiger partial charge in [-0.3, -0.25) is 4.98 Å². The number of aromatic nitrogens is 1. The van der Waals surface area contributed by atoms with E-state index in [1.165, 1.54) is 0 Å². The molecule has 0 amide bonds. The summed E-state index contributed by atoms with van der Waals surface area (Å²) in [4.78, 5) is 2.95. The molecule has 0 atom stereocenters. The average Bonchev–Trinajstić information content (AvgIpc) is 2.15. The fourth-order valence-electron chi connectivity index (χ4n) is 1.00. The largest absolute Gasteiger partial charge is 0.433 e. The van der Waals surface area contributed by atoms with Crippen LogP contribution < -0.4 is 0 Å². The van der Waals surface area contributed by atoms with Gasteiger partial charge in [0, 0.05) is 17.6 Å². The third-order valence-corrected chi connectivity index (χ3v) is 1.94. The van der Waals surface area contributed by atoms with Crippen molar-refractivity contribution in [1.29, 1.82) is 0 Å². The van der Waals surface area contributed by atoms with E-state index in [2.05, 4.69) is 4.98 Å². The number of hydrogen-bond acceptors (Lipinski definition) is 1. The Bertz CT molecular complexity index is 349. The summed E-state index contributed by atoms with van der Waals surface area (Å²) in [5, 5.41) is 0. The highest BCUT2D eigenvalue weighted by atomic mass is 35.5. The minimum atomic E-state index is -4.88. The molecule has 0 fully saturated rings. The monoisotopic (exact) mass is 245 g/mol. The van der Waals surface area contributed by atoms with Gasteiger partial charge in [-0.2, -0.15) is 13.2 Å². The number of alkyl halides is 6. The Morgan fingerprint density at radius 1 is 1.33 bits per heavy atom. The number of pyridine rings is 1. The molecule has 7 heteroatoms. The fraction of sp³-hybridized carbons (Fsp3) is 0.375. The van der Waals surface area contributed by atoms with Gasteiger partial charge in [0.25, 0.3) is 6.43 Å². The van der Waals surface area contributed by atoms with Crippen molar-refractivity contribution < 1.29 is 22.0 Å². The Balaban J connectivity index is 3.28. The predicted octanol–water partition coefficient (Wildman–Crippen LogP) is 3.78. The maximum atomic E-state index is 12.3. The maximum absolute atomic E-state index is 12.3. The first-order valence-corrected chi connectivity index (χ1v) is 4.30. The molecule has 0 saturated heterocycles. The van der Waals surface area contributed by atoms with Gasteiger partial charge in [0.15, 0.2) is 5.69 Å². The zero-order chi connectivity index (χ0) is 11.6. The zero-order valence-corrected chi connectivity index (χ0v) is 7.91. The molecular formula is C8H5ClF5N. The van der Waals surface area contributed by atoms with Crippen LogP contribution in [0.5, 0.6) is 0 Å². The number of halogens is 6. The Kier molecular flexibility index (Phi) is 3.49. The summed E-state index contributed by atoms with van der Waals surface area (Å²) >= 11 is 5.30. The van der Waals surface area contributed by atoms with E-state index in [0.717, 1.165) is 6.20 Å². The molecule has 0 aliphatic rings. The molecule has 0 aromatic carbocycles. The van der Waals surface area contributed by atoms with E-state index in [9.17, 15) is 22.0 Å². The third kappa shape index (κ3) is 2.77. The van der Waals surface area contributed by atoms with Crippen LogP contribution in [-0.4, -0.2) is 4.98 Å².